The molecule has 0 aliphatic carbocycles. The molecule has 0 heterocycles. The second-order valence-electron chi connectivity index (χ2n) is 3.39. The average molecular weight is 201 g/mol. The van der Waals surface area contributed by atoms with E-state index in [0.717, 1.165) is 0 Å². The molecule has 0 bridgehead atoms. The minimum atomic E-state index is -0.526. The molecule has 4 heteroatoms. The second-order valence-corrected chi connectivity index (χ2v) is 3.39. The zero-order valence-electron chi connectivity index (χ0n) is 9.29. The van der Waals surface area contributed by atoms with Crippen LogP contribution in [0.3, 0.4) is 0 Å². The molecule has 82 valence electrons. The summed E-state index contributed by atoms with van der Waals surface area (Å²) in [5, 5.41) is 2.64. The van der Waals surface area contributed by atoms with E-state index in [9.17, 15) is 9.59 Å². The van der Waals surface area contributed by atoms with Crippen molar-refractivity contribution in [3.63, 3.8) is 0 Å². The highest BCUT2D eigenvalue weighted by Gasteiger charge is 2.24. The van der Waals surface area contributed by atoms with Gasteiger partial charge in [0, 0.05) is 6.42 Å². The summed E-state index contributed by atoms with van der Waals surface area (Å²) in [5.74, 6) is -0.439. The Morgan fingerprint density at radius 1 is 1.29 bits per heavy atom. The lowest BCUT2D eigenvalue weighted by molar-refractivity contribution is -0.148. The Bertz CT molecular complexity index is 202. The third-order valence-corrected chi connectivity index (χ3v) is 1.84. The number of amides is 1. The second kappa shape index (κ2) is 6.40. The molecule has 0 saturated heterocycles. The Hall–Kier alpha value is -1.06. The van der Waals surface area contributed by atoms with E-state index in [0.29, 0.717) is 13.0 Å². The van der Waals surface area contributed by atoms with Gasteiger partial charge in [0.25, 0.3) is 0 Å². The highest BCUT2D eigenvalue weighted by molar-refractivity contribution is 5.84. The maximum Gasteiger partial charge on any atom is 0.328 e. The van der Waals surface area contributed by atoms with E-state index in [1.54, 1.807) is 13.8 Å². The van der Waals surface area contributed by atoms with Crippen LogP contribution < -0.4 is 5.32 Å². The van der Waals surface area contributed by atoms with Crippen molar-refractivity contribution in [2.45, 2.75) is 40.2 Å². The molecular formula is C10H19NO3. The first-order chi connectivity index (χ1) is 6.52. The van der Waals surface area contributed by atoms with Gasteiger partial charge in [-0.3, -0.25) is 4.79 Å². The molecule has 0 radical (unpaired) electrons. The number of carbonyl (C=O) groups excluding carboxylic acids is 2. The molecule has 1 amide bonds. The van der Waals surface area contributed by atoms with E-state index >= 15 is 0 Å². The van der Waals surface area contributed by atoms with Gasteiger partial charge in [0.15, 0.2) is 0 Å². The van der Waals surface area contributed by atoms with Crippen LogP contribution in [0.1, 0.15) is 34.1 Å². The SMILES string of the molecule is CCOC(=O)C(NC(=O)CC)C(C)C. The van der Waals surface area contributed by atoms with Crippen molar-refractivity contribution in [2.75, 3.05) is 6.61 Å². The van der Waals surface area contributed by atoms with Gasteiger partial charge in [-0.05, 0) is 12.8 Å². The molecule has 0 fully saturated rings. The third kappa shape index (κ3) is 4.25. The summed E-state index contributed by atoms with van der Waals surface area (Å²) in [4.78, 5) is 22.5. The number of hydrogen-bond acceptors (Lipinski definition) is 3. The molecule has 0 saturated carbocycles. The van der Waals surface area contributed by atoms with Gasteiger partial charge >= 0.3 is 5.97 Å². The Kier molecular flexibility index (Phi) is 5.92. The number of hydrogen-bond donors (Lipinski definition) is 1. The first kappa shape index (κ1) is 12.9. The fourth-order valence-corrected chi connectivity index (χ4v) is 1.01. The van der Waals surface area contributed by atoms with Crippen LogP contribution >= 0.6 is 0 Å². The van der Waals surface area contributed by atoms with E-state index in [1.165, 1.54) is 0 Å². The zero-order valence-corrected chi connectivity index (χ0v) is 9.29. The number of nitrogens with one attached hydrogen (secondary N) is 1. The van der Waals surface area contributed by atoms with Crippen LogP contribution in [0.2, 0.25) is 0 Å². The molecule has 1 unspecified atom stereocenters. The van der Waals surface area contributed by atoms with Gasteiger partial charge in [0.2, 0.25) is 5.91 Å². The van der Waals surface area contributed by atoms with E-state index < -0.39 is 6.04 Å². The molecule has 1 N–H and O–H groups in total. The maximum absolute atomic E-state index is 11.4. The van der Waals surface area contributed by atoms with E-state index in [1.807, 2.05) is 13.8 Å². The monoisotopic (exact) mass is 201 g/mol. The molecule has 0 aromatic heterocycles. The molecule has 14 heavy (non-hydrogen) atoms. The van der Waals surface area contributed by atoms with Crippen LogP contribution in [-0.2, 0) is 14.3 Å². The van der Waals surface area contributed by atoms with Crippen LogP contribution in [0, 0.1) is 5.92 Å². The average Bonchev–Trinajstić information content (AvgIpc) is 2.13. The van der Waals surface area contributed by atoms with Gasteiger partial charge in [-0.1, -0.05) is 20.8 Å². The van der Waals surface area contributed by atoms with Gasteiger partial charge in [-0.15, -0.1) is 0 Å². The van der Waals surface area contributed by atoms with Crippen LogP contribution in [0.4, 0.5) is 0 Å². The normalized spacial score (nSPS) is 12.4. The smallest absolute Gasteiger partial charge is 0.328 e. The van der Waals surface area contributed by atoms with E-state index in [4.69, 9.17) is 4.74 Å². The van der Waals surface area contributed by atoms with Crippen molar-refractivity contribution in [1.29, 1.82) is 0 Å². The molecule has 0 aromatic rings. The zero-order chi connectivity index (χ0) is 11.1. The highest BCUT2D eigenvalue weighted by Crippen LogP contribution is 2.04. The molecule has 1 atom stereocenters. The molecule has 0 rings (SSSR count). The molecule has 0 aliphatic heterocycles. The minimum Gasteiger partial charge on any atom is -0.464 e. The standard InChI is InChI=1S/C10H19NO3/c1-5-8(12)11-9(7(3)4)10(13)14-6-2/h7,9H,5-6H2,1-4H3,(H,11,12). The summed E-state index contributed by atoms with van der Waals surface area (Å²) < 4.78 is 4.86. The van der Waals surface area contributed by atoms with E-state index in [-0.39, 0.29) is 17.8 Å². The summed E-state index contributed by atoms with van der Waals surface area (Å²) in [5.41, 5.74) is 0. The highest BCUT2D eigenvalue weighted by atomic mass is 16.5. The van der Waals surface area contributed by atoms with Crippen molar-refractivity contribution in [2.24, 2.45) is 5.92 Å². The fraction of sp³-hybridized carbons (Fsp3) is 0.800. The van der Waals surface area contributed by atoms with Gasteiger partial charge in [0.1, 0.15) is 6.04 Å². The van der Waals surface area contributed by atoms with Crippen molar-refractivity contribution in [3.05, 3.63) is 0 Å². The van der Waals surface area contributed by atoms with Crippen molar-refractivity contribution in [3.8, 4) is 0 Å². The van der Waals surface area contributed by atoms with Gasteiger partial charge < -0.3 is 10.1 Å². The largest absolute Gasteiger partial charge is 0.464 e. The summed E-state index contributed by atoms with van der Waals surface area (Å²) in [7, 11) is 0. The number of rotatable bonds is 5. The lowest BCUT2D eigenvalue weighted by Gasteiger charge is -2.19. The Labute approximate surface area is 85.0 Å². The lowest BCUT2D eigenvalue weighted by atomic mass is 10.0. The lowest BCUT2D eigenvalue weighted by Crippen LogP contribution is -2.45. The first-order valence-corrected chi connectivity index (χ1v) is 4.98. The Morgan fingerprint density at radius 3 is 2.21 bits per heavy atom. The van der Waals surface area contributed by atoms with Crippen LogP contribution in [-0.4, -0.2) is 24.5 Å². The van der Waals surface area contributed by atoms with Gasteiger partial charge in [-0.2, -0.15) is 0 Å². The van der Waals surface area contributed by atoms with Crippen LogP contribution in [0.5, 0.6) is 0 Å². The summed E-state index contributed by atoms with van der Waals surface area (Å²) in [6, 6.07) is -0.526. The summed E-state index contributed by atoms with van der Waals surface area (Å²) >= 11 is 0. The Balaban J connectivity index is 4.29. The summed E-state index contributed by atoms with van der Waals surface area (Å²) in [6.45, 7) is 7.58. The number of carbonyl (C=O) groups is 2. The molecule has 0 aliphatic rings. The summed E-state index contributed by atoms with van der Waals surface area (Å²) in [6.07, 6.45) is 0.378. The van der Waals surface area contributed by atoms with Crippen LogP contribution in [0.25, 0.3) is 0 Å². The molecule has 0 spiro atoms. The molecule has 0 aromatic carbocycles. The molecule has 4 nitrogen and oxygen atoms in total. The third-order valence-electron chi connectivity index (χ3n) is 1.84. The number of ether oxygens (including phenoxy) is 1. The predicted octanol–water partition coefficient (Wildman–Crippen LogP) is 1.10. The van der Waals surface area contributed by atoms with Crippen molar-refractivity contribution in [1.82, 2.24) is 5.32 Å². The maximum atomic E-state index is 11.4. The van der Waals surface area contributed by atoms with Crippen molar-refractivity contribution < 1.29 is 14.3 Å². The predicted molar refractivity (Wildman–Crippen MR) is 53.7 cm³/mol. The van der Waals surface area contributed by atoms with E-state index in [2.05, 4.69) is 5.32 Å². The molecular weight excluding hydrogens is 182 g/mol. The topological polar surface area (TPSA) is 55.4 Å². The van der Waals surface area contributed by atoms with Gasteiger partial charge in [0.05, 0.1) is 6.61 Å². The first-order valence-electron chi connectivity index (χ1n) is 4.98. The minimum absolute atomic E-state index is 0.0459. The van der Waals surface area contributed by atoms with Crippen molar-refractivity contribution >= 4 is 11.9 Å². The van der Waals surface area contributed by atoms with Gasteiger partial charge in [-0.25, -0.2) is 4.79 Å². The van der Waals surface area contributed by atoms with Crippen LogP contribution in [0.15, 0.2) is 0 Å². The fourth-order valence-electron chi connectivity index (χ4n) is 1.01. The quantitative estimate of drug-likeness (QED) is 0.678. The number of esters is 1. The Morgan fingerprint density at radius 2 is 1.86 bits per heavy atom.